The molecule has 1 N–H and O–H groups in total. The topological polar surface area (TPSA) is 96.0 Å². The maximum Gasteiger partial charge on any atom is 0.328 e. The van der Waals surface area contributed by atoms with Gasteiger partial charge in [-0.15, -0.1) is 0 Å². The lowest BCUT2D eigenvalue weighted by Gasteiger charge is -2.34. The number of carbonyl (C=O) groups excluding carboxylic acids is 4. The zero-order valence-electron chi connectivity index (χ0n) is 16.2. The van der Waals surface area contributed by atoms with E-state index < -0.39 is 24.1 Å². The summed E-state index contributed by atoms with van der Waals surface area (Å²) < 4.78 is 5.37. The molecule has 0 aliphatic carbocycles. The number of esters is 1. The number of fused-ring (bicyclic) bond motifs is 2. The van der Waals surface area contributed by atoms with Gasteiger partial charge in [0.1, 0.15) is 24.7 Å². The number of cyclic esters (lactones) is 1. The molecule has 1 aromatic carbocycles. The number of benzene rings is 1. The predicted molar refractivity (Wildman–Crippen MR) is 103 cm³/mol. The number of hydrogen-bond acceptors (Lipinski definition) is 5. The molecule has 3 fully saturated rings. The SMILES string of the molecule is O=C(Cc1ccccc1)N[C@@H]1COC(=O)[C@@H]2CCCN2C(=O)[C@@H]2CCCN2C1=O. The van der Waals surface area contributed by atoms with Crippen molar-refractivity contribution in [3.05, 3.63) is 35.9 Å². The fourth-order valence-corrected chi connectivity index (χ4v) is 4.42. The standard InChI is InChI=1S/C21H25N3O5/c25-18(12-14-6-2-1-3-7-14)22-15-13-29-21(28)17-9-5-11-24(17)20(27)16-8-4-10-23(16)19(15)26/h1-3,6-7,15-17H,4-5,8-13H2,(H,22,25)/t15-,16+,17+/m1/s1. The van der Waals surface area contributed by atoms with Crippen molar-refractivity contribution >= 4 is 23.7 Å². The molecule has 0 saturated carbocycles. The molecular formula is C21H25N3O5. The Morgan fingerprint density at radius 3 is 2.34 bits per heavy atom. The Hall–Kier alpha value is -2.90. The predicted octanol–water partition coefficient (Wildman–Crippen LogP) is 0.253. The van der Waals surface area contributed by atoms with E-state index in [1.807, 2.05) is 30.3 Å². The number of carbonyl (C=O) groups is 4. The normalized spacial score (nSPS) is 27.3. The van der Waals surface area contributed by atoms with Crippen LogP contribution >= 0.6 is 0 Å². The minimum absolute atomic E-state index is 0.122. The van der Waals surface area contributed by atoms with Crippen LogP contribution in [0.4, 0.5) is 0 Å². The fourth-order valence-electron chi connectivity index (χ4n) is 4.42. The number of nitrogens with zero attached hydrogens (tertiary/aromatic N) is 2. The van der Waals surface area contributed by atoms with Crippen LogP contribution in [0.3, 0.4) is 0 Å². The highest BCUT2D eigenvalue weighted by molar-refractivity contribution is 5.95. The maximum atomic E-state index is 13.1. The van der Waals surface area contributed by atoms with Crippen molar-refractivity contribution in [3.8, 4) is 0 Å². The quantitative estimate of drug-likeness (QED) is 0.736. The minimum atomic E-state index is -0.989. The van der Waals surface area contributed by atoms with E-state index in [0.717, 1.165) is 18.4 Å². The summed E-state index contributed by atoms with van der Waals surface area (Å²) in [5, 5.41) is 2.71. The van der Waals surface area contributed by atoms with Crippen LogP contribution in [0.25, 0.3) is 0 Å². The highest BCUT2D eigenvalue weighted by atomic mass is 16.5. The first-order chi connectivity index (χ1) is 14.0. The molecule has 3 heterocycles. The van der Waals surface area contributed by atoms with E-state index in [0.29, 0.717) is 25.9 Å². The Kier molecular flexibility index (Phi) is 5.51. The van der Waals surface area contributed by atoms with Gasteiger partial charge in [0.25, 0.3) is 0 Å². The van der Waals surface area contributed by atoms with Crippen molar-refractivity contribution < 1.29 is 23.9 Å². The monoisotopic (exact) mass is 399 g/mol. The van der Waals surface area contributed by atoms with E-state index in [1.54, 1.807) is 9.80 Å². The lowest BCUT2D eigenvalue weighted by molar-refractivity contribution is -0.161. The van der Waals surface area contributed by atoms with Crippen LogP contribution in [0.1, 0.15) is 31.2 Å². The van der Waals surface area contributed by atoms with E-state index in [1.165, 1.54) is 0 Å². The Balaban J connectivity index is 1.53. The lowest BCUT2D eigenvalue weighted by atomic mass is 10.1. The first kappa shape index (κ1) is 19.4. The minimum Gasteiger partial charge on any atom is -0.461 e. The van der Waals surface area contributed by atoms with Crippen LogP contribution in [0, 0.1) is 0 Å². The molecule has 29 heavy (non-hydrogen) atoms. The van der Waals surface area contributed by atoms with Crippen molar-refractivity contribution in [1.82, 2.24) is 15.1 Å². The molecule has 3 amide bonds. The number of ether oxygens (including phenoxy) is 1. The lowest BCUT2D eigenvalue weighted by Crippen LogP contribution is -2.58. The van der Waals surface area contributed by atoms with Crippen LogP contribution in [0.2, 0.25) is 0 Å². The van der Waals surface area contributed by atoms with Crippen LogP contribution in [0.15, 0.2) is 30.3 Å². The van der Waals surface area contributed by atoms with E-state index in [-0.39, 0.29) is 30.7 Å². The molecule has 154 valence electrons. The maximum absolute atomic E-state index is 13.1. The molecule has 0 aromatic heterocycles. The van der Waals surface area contributed by atoms with Gasteiger partial charge in [0.2, 0.25) is 17.7 Å². The smallest absolute Gasteiger partial charge is 0.328 e. The Morgan fingerprint density at radius 1 is 0.966 bits per heavy atom. The summed E-state index contributed by atoms with van der Waals surface area (Å²) >= 11 is 0. The first-order valence-electron chi connectivity index (χ1n) is 10.2. The molecule has 3 atom stereocenters. The third-order valence-electron chi connectivity index (χ3n) is 5.86. The van der Waals surface area contributed by atoms with Crippen LogP contribution in [-0.4, -0.2) is 71.3 Å². The molecule has 0 spiro atoms. The van der Waals surface area contributed by atoms with E-state index in [2.05, 4.69) is 5.32 Å². The van der Waals surface area contributed by atoms with Gasteiger partial charge in [-0.05, 0) is 31.2 Å². The molecular weight excluding hydrogens is 374 g/mol. The summed E-state index contributed by atoms with van der Waals surface area (Å²) in [5.74, 6) is -1.39. The molecule has 0 radical (unpaired) electrons. The van der Waals surface area contributed by atoms with Gasteiger partial charge >= 0.3 is 5.97 Å². The Bertz CT molecular complexity index is 812. The molecule has 0 bridgehead atoms. The summed E-state index contributed by atoms with van der Waals surface area (Å²) in [5.41, 5.74) is 0.824. The number of hydrogen-bond donors (Lipinski definition) is 1. The highest BCUT2D eigenvalue weighted by Gasteiger charge is 2.45. The van der Waals surface area contributed by atoms with Crippen LogP contribution < -0.4 is 5.32 Å². The first-order valence-corrected chi connectivity index (χ1v) is 10.2. The molecule has 3 aliphatic rings. The van der Waals surface area contributed by atoms with Gasteiger partial charge in [0.05, 0.1) is 6.42 Å². The largest absolute Gasteiger partial charge is 0.461 e. The second-order valence-corrected chi connectivity index (χ2v) is 7.79. The average molecular weight is 399 g/mol. The summed E-state index contributed by atoms with van der Waals surface area (Å²) in [4.78, 5) is 54.3. The van der Waals surface area contributed by atoms with Gasteiger partial charge < -0.3 is 19.9 Å². The summed E-state index contributed by atoms with van der Waals surface area (Å²) in [6.45, 7) is 0.751. The van der Waals surface area contributed by atoms with Crippen molar-refractivity contribution in [3.63, 3.8) is 0 Å². The van der Waals surface area contributed by atoms with E-state index in [9.17, 15) is 19.2 Å². The summed E-state index contributed by atoms with van der Waals surface area (Å²) in [6, 6.07) is 7.05. The van der Waals surface area contributed by atoms with Gasteiger partial charge in [0, 0.05) is 13.1 Å². The third kappa shape index (κ3) is 3.97. The third-order valence-corrected chi connectivity index (χ3v) is 5.86. The molecule has 8 nitrogen and oxygen atoms in total. The van der Waals surface area contributed by atoms with Crippen molar-refractivity contribution in [1.29, 1.82) is 0 Å². The highest BCUT2D eigenvalue weighted by Crippen LogP contribution is 2.27. The number of rotatable bonds is 3. The fraction of sp³-hybridized carbons (Fsp3) is 0.524. The van der Waals surface area contributed by atoms with Crippen LogP contribution in [0.5, 0.6) is 0 Å². The molecule has 1 aromatic rings. The molecule has 0 unspecified atom stereocenters. The van der Waals surface area contributed by atoms with E-state index >= 15 is 0 Å². The van der Waals surface area contributed by atoms with E-state index in [4.69, 9.17) is 4.74 Å². The zero-order valence-corrected chi connectivity index (χ0v) is 16.2. The molecule has 3 aliphatic heterocycles. The average Bonchev–Trinajstić information content (AvgIpc) is 3.39. The van der Waals surface area contributed by atoms with Gasteiger partial charge in [-0.25, -0.2) is 4.79 Å². The van der Waals surface area contributed by atoms with Crippen molar-refractivity contribution in [2.45, 2.75) is 50.2 Å². The second kappa shape index (κ2) is 8.23. The van der Waals surface area contributed by atoms with Gasteiger partial charge in [-0.3, -0.25) is 14.4 Å². The molecule has 4 rings (SSSR count). The number of nitrogens with one attached hydrogen (secondary N) is 1. The summed E-state index contributed by atoms with van der Waals surface area (Å²) in [6.07, 6.45) is 2.73. The van der Waals surface area contributed by atoms with Gasteiger partial charge in [0.15, 0.2) is 0 Å². The zero-order chi connectivity index (χ0) is 20.4. The molecule has 3 saturated heterocycles. The van der Waals surface area contributed by atoms with Gasteiger partial charge in [-0.1, -0.05) is 30.3 Å². The molecule has 8 heteroatoms. The number of amides is 3. The van der Waals surface area contributed by atoms with Gasteiger partial charge in [-0.2, -0.15) is 0 Å². The van der Waals surface area contributed by atoms with Crippen molar-refractivity contribution in [2.75, 3.05) is 19.7 Å². The van der Waals surface area contributed by atoms with Crippen molar-refractivity contribution in [2.24, 2.45) is 0 Å². The Morgan fingerprint density at radius 2 is 1.62 bits per heavy atom. The van der Waals surface area contributed by atoms with Crippen LogP contribution in [-0.2, 0) is 30.3 Å². The summed E-state index contributed by atoms with van der Waals surface area (Å²) in [7, 11) is 0. The Labute approximate surface area is 169 Å². The second-order valence-electron chi connectivity index (χ2n) is 7.79.